The molecule has 3 rings (SSSR count). The number of non-ortho nitro benzene ring substituents is 1. The number of carbonyl (C=O) groups excluding carboxylic acids is 2. The lowest BCUT2D eigenvalue weighted by atomic mass is 10.1. The average Bonchev–Trinajstić information content (AvgIpc) is 2.94. The maximum absolute atomic E-state index is 13.9. The Morgan fingerprint density at radius 3 is 2.20 bits per heavy atom. The van der Waals surface area contributed by atoms with Crippen molar-refractivity contribution in [1.29, 1.82) is 0 Å². The fourth-order valence-corrected chi connectivity index (χ4v) is 5.42. The van der Waals surface area contributed by atoms with Gasteiger partial charge < -0.3 is 15.0 Å². The van der Waals surface area contributed by atoms with Crippen LogP contribution in [-0.4, -0.2) is 55.3 Å². The van der Waals surface area contributed by atoms with Crippen molar-refractivity contribution in [2.75, 3.05) is 18.0 Å². The van der Waals surface area contributed by atoms with Gasteiger partial charge in [-0.1, -0.05) is 36.4 Å². The van der Waals surface area contributed by atoms with Crippen molar-refractivity contribution in [2.24, 2.45) is 0 Å². The second-order valence-electron chi connectivity index (χ2n) is 10.4. The standard InChI is InChI=1S/C29H34N4O7S/c1-21(28(35)30-29(2,3)4)31(19-22-14-16-25(40-5)17-15-22)27(34)20-32(23-10-9-11-24(18-23)33(36)37)41(38,39)26-12-7-6-8-13-26/h6-18,21H,19-20H2,1-5H3,(H,30,35)/t21-/m0/s1. The van der Waals surface area contributed by atoms with E-state index in [-0.39, 0.29) is 22.8 Å². The van der Waals surface area contributed by atoms with Crippen molar-refractivity contribution in [3.63, 3.8) is 0 Å². The number of amides is 2. The third-order valence-corrected chi connectivity index (χ3v) is 7.90. The second kappa shape index (κ2) is 12.8. The molecule has 0 aliphatic heterocycles. The maximum Gasteiger partial charge on any atom is 0.271 e. The minimum Gasteiger partial charge on any atom is -0.497 e. The Labute approximate surface area is 239 Å². The second-order valence-corrected chi connectivity index (χ2v) is 12.2. The van der Waals surface area contributed by atoms with E-state index in [1.165, 1.54) is 54.5 Å². The topological polar surface area (TPSA) is 139 Å². The van der Waals surface area contributed by atoms with E-state index in [0.717, 1.165) is 10.4 Å². The smallest absolute Gasteiger partial charge is 0.271 e. The van der Waals surface area contributed by atoms with Gasteiger partial charge in [0, 0.05) is 24.2 Å². The quantitative estimate of drug-likeness (QED) is 0.265. The molecular weight excluding hydrogens is 548 g/mol. The number of sulfonamides is 1. The third-order valence-electron chi connectivity index (χ3n) is 6.12. The zero-order valence-electron chi connectivity index (χ0n) is 23.6. The largest absolute Gasteiger partial charge is 0.497 e. The van der Waals surface area contributed by atoms with Gasteiger partial charge in [0.2, 0.25) is 11.8 Å². The molecule has 0 spiro atoms. The highest BCUT2D eigenvalue weighted by molar-refractivity contribution is 7.92. The number of ether oxygens (including phenoxy) is 1. The molecule has 0 aliphatic carbocycles. The van der Waals surface area contributed by atoms with Gasteiger partial charge in [0.1, 0.15) is 18.3 Å². The van der Waals surface area contributed by atoms with Crippen LogP contribution in [0.1, 0.15) is 33.3 Å². The molecule has 0 unspecified atom stereocenters. The monoisotopic (exact) mass is 582 g/mol. The van der Waals surface area contributed by atoms with Crippen molar-refractivity contribution in [3.8, 4) is 5.75 Å². The highest BCUT2D eigenvalue weighted by Crippen LogP contribution is 2.27. The molecule has 0 aliphatic rings. The van der Waals surface area contributed by atoms with E-state index >= 15 is 0 Å². The van der Waals surface area contributed by atoms with Crippen molar-refractivity contribution in [1.82, 2.24) is 10.2 Å². The Balaban J connectivity index is 2.06. The van der Waals surface area contributed by atoms with Gasteiger partial charge in [-0.3, -0.25) is 24.0 Å². The molecule has 12 heteroatoms. The lowest BCUT2D eigenvalue weighted by molar-refractivity contribution is -0.384. The fraction of sp³-hybridized carbons (Fsp3) is 0.310. The normalized spacial score (nSPS) is 12.2. The summed E-state index contributed by atoms with van der Waals surface area (Å²) in [5.41, 5.74) is -0.294. The van der Waals surface area contributed by atoms with Crippen molar-refractivity contribution in [2.45, 2.75) is 50.7 Å². The SMILES string of the molecule is COc1ccc(CN(C(=O)CN(c2cccc([N+](=O)[O-])c2)S(=O)(=O)c2ccccc2)[C@@H](C)C(=O)NC(C)(C)C)cc1. The van der Waals surface area contributed by atoms with Crippen LogP contribution in [0.15, 0.2) is 83.8 Å². The first-order valence-electron chi connectivity index (χ1n) is 12.8. The number of nitro groups is 1. The third kappa shape index (κ3) is 8.04. The highest BCUT2D eigenvalue weighted by Gasteiger charge is 2.33. The molecule has 0 radical (unpaired) electrons. The van der Waals surface area contributed by atoms with Crippen LogP contribution < -0.4 is 14.4 Å². The fourth-order valence-electron chi connectivity index (χ4n) is 3.99. The van der Waals surface area contributed by atoms with Crippen LogP contribution in [0.25, 0.3) is 0 Å². The molecule has 3 aromatic carbocycles. The van der Waals surface area contributed by atoms with Gasteiger partial charge in [-0.05, 0) is 63.6 Å². The van der Waals surface area contributed by atoms with Crippen LogP contribution in [0.4, 0.5) is 11.4 Å². The average molecular weight is 583 g/mol. The van der Waals surface area contributed by atoms with Crippen molar-refractivity contribution >= 4 is 33.2 Å². The molecule has 0 bridgehead atoms. The number of rotatable bonds is 11. The van der Waals surface area contributed by atoms with E-state index in [1.54, 1.807) is 37.3 Å². The van der Waals surface area contributed by atoms with Gasteiger partial charge in [-0.25, -0.2) is 8.42 Å². The van der Waals surface area contributed by atoms with Gasteiger partial charge in [0.05, 0.1) is 22.6 Å². The molecule has 0 fully saturated rings. The van der Waals surface area contributed by atoms with Crippen molar-refractivity contribution in [3.05, 3.63) is 94.5 Å². The predicted octanol–water partition coefficient (Wildman–Crippen LogP) is 4.13. The molecule has 3 aromatic rings. The highest BCUT2D eigenvalue weighted by atomic mass is 32.2. The first-order valence-corrected chi connectivity index (χ1v) is 14.2. The zero-order chi connectivity index (χ0) is 30.4. The lowest BCUT2D eigenvalue weighted by Crippen LogP contribution is -2.54. The summed E-state index contributed by atoms with van der Waals surface area (Å²) >= 11 is 0. The molecule has 0 aromatic heterocycles. The summed E-state index contributed by atoms with van der Waals surface area (Å²) in [5.74, 6) is -0.494. The summed E-state index contributed by atoms with van der Waals surface area (Å²) in [6.45, 7) is 6.28. The Morgan fingerprint density at radius 1 is 1.00 bits per heavy atom. The van der Waals surface area contributed by atoms with E-state index in [4.69, 9.17) is 4.74 Å². The maximum atomic E-state index is 13.9. The lowest BCUT2D eigenvalue weighted by Gasteiger charge is -2.33. The predicted molar refractivity (Wildman–Crippen MR) is 155 cm³/mol. The molecule has 0 saturated carbocycles. The van der Waals surface area contributed by atoms with Gasteiger partial charge in [-0.15, -0.1) is 0 Å². The summed E-state index contributed by atoms with van der Waals surface area (Å²) in [7, 11) is -2.81. The summed E-state index contributed by atoms with van der Waals surface area (Å²) in [4.78, 5) is 39.1. The van der Waals surface area contributed by atoms with Gasteiger partial charge in [0.15, 0.2) is 0 Å². The first kappa shape index (κ1) is 31.1. The number of hydrogen-bond acceptors (Lipinski definition) is 7. The number of methoxy groups -OCH3 is 1. The van der Waals surface area contributed by atoms with Crippen LogP contribution in [-0.2, 0) is 26.2 Å². The zero-order valence-corrected chi connectivity index (χ0v) is 24.4. The molecule has 0 saturated heterocycles. The number of nitrogens with one attached hydrogen (secondary N) is 1. The van der Waals surface area contributed by atoms with Crippen LogP contribution >= 0.6 is 0 Å². The van der Waals surface area contributed by atoms with E-state index < -0.39 is 44.9 Å². The molecule has 2 amide bonds. The van der Waals surface area contributed by atoms with E-state index in [1.807, 2.05) is 20.8 Å². The van der Waals surface area contributed by atoms with E-state index in [9.17, 15) is 28.1 Å². The van der Waals surface area contributed by atoms with Crippen LogP contribution in [0.3, 0.4) is 0 Å². The molecule has 218 valence electrons. The molecule has 41 heavy (non-hydrogen) atoms. The number of nitrogens with zero attached hydrogens (tertiary/aromatic N) is 3. The minimum absolute atomic E-state index is 0.00425. The Morgan fingerprint density at radius 2 is 1.63 bits per heavy atom. The molecule has 1 atom stereocenters. The van der Waals surface area contributed by atoms with Gasteiger partial charge in [0.25, 0.3) is 15.7 Å². The number of benzene rings is 3. The van der Waals surface area contributed by atoms with E-state index in [0.29, 0.717) is 11.3 Å². The summed E-state index contributed by atoms with van der Waals surface area (Å²) in [6.07, 6.45) is 0. The summed E-state index contributed by atoms with van der Waals surface area (Å²) in [5, 5.41) is 14.3. The Hall–Kier alpha value is -4.45. The van der Waals surface area contributed by atoms with Crippen molar-refractivity contribution < 1.29 is 27.7 Å². The summed E-state index contributed by atoms with van der Waals surface area (Å²) < 4.78 is 33.6. The first-order chi connectivity index (χ1) is 19.2. The molecule has 11 nitrogen and oxygen atoms in total. The number of hydrogen-bond donors (Lipinski definition) is 1. The molecule has 1 N–H and O–H groups in total. The van der Waals surface area contributed by atoms with Crippen LogP contribution in [0.5, 0.6) is 5.75 Å². The van der Waals surface area contributed by atoms with Gasteiger partial charge >= 0.3 is 0 Å². The van der Waals surface area contributed by atoms with Crippen LogP contribution in [0, 0.1) is 10.1 Å². The number of anilines is 1. The van der Waals surface area contributed by atoms with Gasteiger partial charge in [-0.2, -0.15) is 0 Å². The number of nitro benzene ring substituents is 1. The summed E-state index contributed by atoms with van der Waals surface area (Å²) in [6, 6.07) is 18.5. The van der Waals surface area contributed by atoms with Crippen LogP contribution in [0.2, 0.25) is 0 Å². The Kier molecular flexibility index (Phi) is 9.71. The van der Waals surface area contributed by atoms with E-state index in [2.05, 4.69) is 5.32 Å². The minimum atomic E-state index is -4.34. The molecule has 0 heterocycles. The number of carbonyl (C=O) groups is 2. The Bertz CT molecular complexity index is 1490. The molecular formula is C29H34N4O7S.